The minimum absolute atomic E-state index is 0.203. The Bertz CT molecular complexity index is 1300. The lowest BCUT2D eigenvalue weighted by atomic mass is 10.1. The van der Waals surface area contributed by atoms with Gasteiger partial charge in [-0.3, -0.25) is 4.57 Å². The zero-order valence-corrected chi connectivity index (χ0v) is 45.0. The van der Waals surface area contributed by atoms with Gasteiger partial charge in [0.25, 0.3) is 0 Å². The molecule has 0 heterocycles. The molecule has 1 aromatic carbocycles. The molecule has 1 atom stereocenters. The van der Waals surface area contributed by atoms with Gasteiger partial charge in [-0.15, -0.1) is 0 Å². The third-order valence-electron chi connectivity index (χ3n) is 11.1. The summed E-state index contributed by atoms with van der Waals surface area (Å²) in [6, 6.07) is 6.17. The van der Waals surface area contributed by atoms with E-state index in [-0.39, 0.29) is 6.61 Å². The lowest BCUT2D eigenvalue weighted by Gasteiger charge is -2.13. The summed E-state index contributed by atoms with van der Waals surface area (Å²) in [5, 5.41) is 6.95. The summed E-state index contributed by atoms with van der Waals surface area (Å²) < 4.78 is 74.1. The maximum absolute atomic E-state index is 12.0. The van der Waals surface area contributed by atoms with E-state index in [9.17, 15) is 4.57 Å². The van der Waals surface area contributed by atoms with Crippen molar-refractivity contribution in [1.29, 1.82) is 5.53 Å². The fourth-order valence-electron chi connectivity index (χ4n) is 7.14. The number of hydrogen-bond acceptors (Lipinski definition) is 15. The molecule has 1 rings (SSSR count). The SMILES string of the molecule is CCCCCCCCCCCCOc1cc(CN/C=C(/COCCOCCOCCOCCOCCOCCOCCOCCP(C)(=O)OCC)N=N)cc(OCCCCCCCCCCCC)c1. The van der Waals surface area contributed by atoms with Gasteiger partial charge in [0.1, 0.15) is 17.2 Å². The van der Waals surface area contributed by atoms with Crippen LogP contribution in [-0.2, 0) is 53.5 Å². The molecule has 0 fully saturated rings. The fourth-order valence-corrected chi connectivity index (χ4v) is 8.27. The molecule has 1 aromatic rings. The lowest BCUT2D eigenvalue weighted by molar-refractivity contribution is -0.0224. The van der Waals surface area contributed by atoms with Crippen molar-refractivity contribution in [3.05, 3.63) is 35.7 Å². The maximum Gasteiger partial charge on any atom is 0.202 e. The maximum atomic E-state index is 12.0. The van der Waals surface area contributed by atoms with Gasteiger partial charge < -0.3 is 57.2 Å². The molecule has 404 valence electrons. The highest BCUT2D eigenvalue weighted by Gasteiger charge is 2.14. The molecule has 0 bridgehead atoms. The first-order valence-corrected chi connectivity index (χ1v) is 29.2. The van der Waals surface area contributed by atoms with Crippen molar-refractivity contribution >= 4 is 7.37 Å². The van der Waals surface area contributed by atoms with Crippen molar-refractivity contribution in [3.63, 3.8) is 0 Å². The van der Waals surface area contributed by atoms with Crippen LogP contribution in [0.4, 0.5) is 0 Å². The van der Waals surface area contributed by atoms with E-state index >= 15 is 0 Å². The van der Waals surface area contributed by atoms with Crippen molar-refractivity contribution in [2.45, 2.75) is 156 Å². The summed E-state index contributed by atoms with van der Waals surface area (Å²) in [6.07, 6.45) is 28.1. The standard InChI is InChI=1S/C53H100N3O12P/c1-5-8-10-12-14-16-18-20-22-24-26-66-52-44-50(45-53(46-52)67-27-25-23-21-19-17-15-13-11-9-6-2)47-55-48-51(56-54)49-65-41-40-63-37-36-61-33-32-59-29-28-58-30-31-60-34-35-62-38-39-64-42-43-69(4,57)68-7-3/h44-46,48,54-55H,5-43,47,49H2,1-4H3/b51-48-,56-54?. The Hall–Kier alpha value is -2.17. The van der Waals surface area contributed by atoms with Gasteiger partial charge in [0, 0.05) is 31.6 Å². The quantitative estimate of drug-likeness (QED) is 0.0360. The molecule has 0 aliphatic rings. The van der Waals surface area contributed by atoms with Crippen LogP contribution >= 0.6 is 7.37 Å². The molecular formula is C53H100N3O12P. The number of ether oxygens (including phenoxy) is 10. The van der Waals surface area contributed by atoms with Crippen molar-refractivity contribution in [2.75, 3.05) is 138 Å². The van der Waals surface area contributed by atoms with Crippen molar-refractivity contribution < 1.29 is 56.5 Å². The topological polar surface area (TPSA) is 167 Å². The van der Waals surface area contributed by atoms with E-state index in [1.165, 1.54) is 116 Å². The summed E-state index contributed by atoms with van der Waals surface area (Å²) in [7, 11) is -2.54. The van der Waals surface area contributed by atoms with Gasteiger partial charge >= 0.3 is 0 Å². The molecule has 0 aliphatic carbocycles. The second-order valence-corrected chi connectivity index (χ2v) is 20.2. The first-order valence-electron chi connectivity index (χ1n) is 27.0. The third-order valence-corrected chi connectivity index (χ3v) is 12.9. The zero-order chi connectivity index (χ0) is 49.8. The summed E-state index contributed by atoms with van der Waals surface area (Å²) in [4.78, 5) is 0. The summed E-state index contributed by atoms with van der Waals surface area (Å²) in [6.45, 7) is 17.4. The van der Waals surface area contributed by atoms with Crippen LogP contribution in [-0.4, -0.2) is 138 Å². The molecule has 16 heteroatoms. The van der Waals surface area contributed by atoms with Gasteiger partial charge in [-0.25, -0.2) is 5.53 Å². The van der Waals surface area contributed by atoms with Crippen LogP contribution < -0.4 is 14.8 Å². The van der Waals surface area contributed by atoms with E-state index in [1.54, 1.807) is 12.9 Å². The minimum Gasteiger partial charge on any atom is -0.493 e. The lowest BCUT2D eigenvalue weighted by Crippen LogP contribution is -2.15. The number of nitrogens with one attached hydrogen (secondary N) is 2. The first kappa shape index (κ1) is 64.8. The molecule has 1 unspecified atom stereocenters. The smallest absolute Gasteiger partial charge is 0.202 e. The molecule has 2 N–H and O–H groups in total. The van der Waals surface area contributed by atoms with Crippen LogP contribution in [0.25, 0.3) is 0 Å². The summed E-state index contributed by atoms with van der Waals surface area (Å²) in [5.41, 5.74) is 9.18. The number of benzene rings is 1. The van der Waals surface area contributed by atoms with Gasteiger partial charge in [0.05, 0.1) is 126 Å². The molecule has 0 radical (unpaired) electrons. The molecule has 0 saturated carbocycles. The van der Waals surface area contributed by atoms with Crippen LogP contribution in [0, 0.1) is 5.53 Å². The Morgan fingerprint density at radius 2 is 0.841 bits per heavy atom. The van der Waals surface area contributed by atoms with E-state index in [1.807, 2.05) is 13.0 Å². The third kappa shape index (κ3) is 45.4. The first-order chi connectivity index (χ1) is 33.9. The van der Waals surface area contributed by atoms with Gasteiger partial charge in [0.15, 0.2) is 0 Å². The predicted octanol–water partition coefficient (Wildman–Crippen LogP) is 12.3. The highest BCUT2D eigenvalue weighted by Crippen LogP contribution is 2.41. The molecule has 0 aliphatic heterocycles. The van der Waals surface area contributed by atoms with E-state index < -0.39 is 7.37 Å². The van der Waals surface area contributed by atoms with Gasteiger partial charge in [0.2, 0.25) is 7.37 Å². The van der Waals surface area contributed by atoms with Crippen molar-refractivity contribution in [3.8, 4) is 11.5 Å². The molecule has 15 nitrogen and oxygen atoms in total. The average molecular weight is 1000 g/mol. The second-order valence-electron chi connectivity index (χ2n) is 17.5. The fraction of sp³-hybridized carbons (Fsp3) is 0.849. The largest absolute Gasteiger partial charge is 0.493 e. The number of unbranched alkanes of at least 4 members (excludes halogenated alkanes) is 18. The molecule has 0 spiro atoms. The van der Waals surface area contributed by atoms with E-state index in [2.05, 4.69) is 36.4 Å². The van der Waals surface area contributed by atoms with Crippen molar-refractivity contribution in [1.82, 2.24) is 5.32 Å². The predicted molar refractivity (Wildman–Crippen MR) is 278 cm³/mol. The highest BCUT2D eigenvalue weighted by atomic mass is 31.2. The van der Waals surface area contributed by atoms with Crippen LogP contribution in [0.15, 0.2) is 35.2 Å². The number of nitrogens with zero attached hydrogens (tertiary/aromatic N) is 1. The number of hydrogen-bond donors (Lipinski definition) is 2. The Labute approximate surface area is 419 Å². The summed E-state index contributed by atoms with van der Waals surface area (Å²) >= 11 is 0. The van der Waals surface area contributed by atoms with E-state index in [0.29, 0.717) is 137 Å². The Morgan fingerprint density at radius 1 is 0.493 bits per heavy atom. The average Bonchev–Trinajstić information content (AvgIpc) is 3.34. The van der Waals surface area contributed by atoms with E-state index in [0.717, 1.165) is 29.9 Å². The molecular weight excluding hydrogens is 902 g/mol. The second kappa shape index (κ2) is 50.8. The minimum atomic E-state index is -2.54. The zero-order valence-electron chi connectivity index (χ0n) is 44.1. The Kier molecular flexibility index (Phi) is 47.7. The summed E-state index contributed by atoms with van der Waals surface area (Å²) in [5.74, 6) is 1.67. The van der Waals surface area contributed by atoms with Gasteiger partial charge in [-0.05, 0) is 37.5 Å². The number of rotatable bonds is 56. The Balaban J connectivity index is 2.18. The van der Waals surface area contributed by atoms with Gasteiger partial charge in [-0.1, -0.05) is 129 Å². The molecule has 69 heavy (non-hydrogen) atoms. The van der Waals surface area contributed by atoms with Crippen molar-refractivity contribution in [2.24, 2.45) is 5.11 Å². The van der Waals surface area contributed by atoms with Crippen LogP contribution in [0.2, 0.25) is 0 Å². The van der Waals surface area contributed by atoms with E-state index in [4.69, 9.17) is 57.4 Å². The van der Waals surface area contributed by atoms with Crippen LogP contribution in [0.1, 0.15) is 155 Å². The Morgan fingerprint density at radius 3 is 1.20 bits per heavy atom. The molecule has 0 aromatic heterocycles. The van der Waals surface area contributed by atoms with Crippen LogP contribution in [0.3, 0.4) is 0 Å². The molecule has 0 saturated heterocycles. The van der Waals surface area contributed by atoms with Gasteiger partial charge in [-0.2, -0.15) is 5.11 Å². The monoisotopic (exact) mass is 1000 g/mol. The normalized spacial score (nSPS) is 12.7. The molecule has 0 amide bonds. The van der Waals surface area contributed by atoms with Crippen LogP contribution in [0.5, 0.6) is 11.5 Å². The highest BCUT2D eigenvalue weighted by molar-refractivity contribution is 7.58.